The minimum atomic E-state index is -3.37. The summed E-state index contributed by atoms with van der Waals surface area (Å²) in [6.45, 7) is 0.336. The molecule has 1 aliphatic carbocycles. The van der Waals surface area contributed by atoms with E-state index in [1.165, 1.54) is 64.2 Å². The number of allylic oxidation sites excluding steroid dienone is 5. The zero-order valence-electron chi connectivity index (χ0n) is 23.0. The van der Waals surface area contributed by atoms with Gasteiger partial charge < -0.3 is 38.6 Å². The van der Waals surface area contributed by atoms with Crippen molar-refractivity contribution >= 4 is 20.5 Å². The van der Waals surface area contributed by atoms with E-state index in [0.717, 1.165) is 34.2 Å². The molecule has 1 rings (SSSR count). The first kappa shape index (κ1) is 39.2. The van der Waals surface area contributed by atoms with Gasteiger partial charge in [0.05, 0.1) is 36.4 Å². The van der Waals surface area contributed by atoms with Crippen molar-refractivity contribution in [2.75, 3.05) is 19.8 Å². The third kappa shape index (κ3) is 20.1. The van der Waals surface area contributed by atoms with Crippen molar-refractivity contribution in [3.8, 4) is 0 Å². The van der Waals surface area contributed by atoms with Gasteiger partial charge in [-0.15, -0.1) is 0 Å². The minimum Gasteiger partial charge on any atom is -0.854 e. The summed E-state index contributed by atoms with van der Waals surface area (Å²) in [5.74, 6) is 5.59. The molecule has 1 aliphatic rings. The first-order valence-electron chi connectivity index (χ1n) is 13.3. The van der Waals surface area contributed by atoms with Crippen LogP contribution in [0, 0.1) is 5.41 Å². The summed E-state index contributed by atoms with van der Waals surface area (Å²) < 4.78 is 1.59. The van der Waals surface area contributed by atoms with Crippen LogP contribution in [0.25, 0.3) is 0 Å². The van der Waals surface area contributed by atoms with E-state index in [0.29, 0.717) is 6.42 Å². The van der Waals surface area contributed by atoms with E-state index in [-0.39, 0.29) is 11.1 Å². The average Bonchev–Trinajstić information content (AvgIpc) is 3.45. The fraction of sp³-hybridized carbons (Fsp3) is 0.714. The maximum Gasteiger partial charge on any atom is -0.438 e. The minimum absolute atomic E-state index is 0.0919. The molecule has 0 amide bonds. The van der Waals surface area contributed by atoms with Gasteiger partial charge >= 0.3 is 49.9 Å². The third-order valence-corrected chi connectivity index (χ3v) is 7.41. The van der Waals surface area contributed by atoms with Crippen LogP contribution in [0.4, 0.5) is 0 Å². The Morgan fingerprint density at radius 3 is 1.61 bits per heavy atom. The van der Waals surface area contributed by atoms with E-state index in [4.69, 9.17) is 14.7 Å². The van der Waals surface area contributed by atoms with Gasteiger partial charge in [0.15, 0.2) is 0 Å². The maximum atomic E-state index is 11.3. The predicted molar refractivity (Wildman–Crippen MR) is 142 cm³/mol. The number of rotatable bonds is 19. The van der Waals surface area contributed by atoms with Crippen LogP contribution in [0.5, 0.6) is 0 Å². The molecular weight excluding hydrogens is 550 g/mol. The smallest absolute Gasteiger partial charge is 0.438 e. The standard InChI is InChI=1S/C22H38O5.C5H5.CH3.Mn.O3P/c1-2-3-4-5-6-7-8-9-10-11-12-13-14-20(15-23)21(16-24)22(17-25,18-26)19-27;1-2-4-5-3-1;;;1-4(2)3/h25-27H,2-14,17-19H2,1H3;1-3H,4H2;1H3;;/q;;;+3;-3. The number of carbonyl (C=O) groups excluding carboxylic acids is 2. The SMILES string of the molecule is CCCCCCCCCCCCCCC(=C=O)C(=C=O)C(CO)(CO)CO.[CH3][Mn+3][C]1=CC=CC1.[O-]P([O-])[O-]. The Morgan fingerprint density at radius 2 is 1.32 bits per heavy atom. The number of aliphatic hydroxyl groups excluding tert-OH is 3. The van der Waals surface area contributed by atoms with Gasteiger partial charge in [-0.05, 0) is 12.8 Å². The molecule has 0 aliphatic heterocycles. The fourth-order valence-corrected chi connectivity index (χ4v) is 4.50. The van der Waals surface area contributed by atoms with Gasteiger partial charge in [0.25, 0.3) is 0 Å². The van der Waals surface area contributed by atoms with Gasteiger partial charge in [0, 0.05) is 0 Å². The van der Waals surface area contributed by atoms with Crippen molar-refractivity contribution in [2.45, 2.75) is 103 Å². The fourth-order valence-electron chi connectivity index (χ4n) is 3.81. The van der Waals surface area contributed by atoms with Crippen LogP contribution in [0.2, 0.25) is 5.82 Å². The topological polar surface area (TPSA) is 164 Å². The zero-order chi connectivity index (χ0) is 29.1. The molecule has 0 fully saturated rings. The summed E-state index contributed by atoms with van der Waals surface area (Å²) in [5.41, 5.74) is -1.60. The Morgan fingerprint density at radius 1 is 0.868 bits per heavy atom. The molecule has 0 bridgehead atoms. The van der Waals surface area contributed by atoms with Crippen LogP contribution in [-0.2, 0) is 24.5 Å². The van der Waals surface area contributed by atoms with Gasteiger partial charge in [-0.1, -0.05) is 77.6 Å². The number of aliphatic hydroxyl groups is 3. The number of hydrogen-bond donors (Lipinski definition) is 3. The normalized spacial score (nSPS) is 12.0. The summed E-state index contributed by atoms with van der Waals surface area (Å²) in [6.07, 6.45) is 22.5. The van der Waals surface area contributed by atoms with E-state index >= 15 is 0 Å². The Bertz CT molecular complexity index is 726. The van der Waals surface area contributed by atoms with E-state index in [2.05, 4.69) is 31.0 Å². The molecular formula is C28H46MnO8P. The molecule has 0 saturated carbocycles. The van der Waals surface area contributed by atoms with Crippen molar-refractivity contribution in [1.82, 2.24) is 0 Å². The largest absolute Gasteiger partial charge is 0.854 e. The van der Waals surface area contributed by atoms with E-state index in [1.54, 1.807) is 16.4 Å². The molecule has 0 unspecified atom stereocenters. The van der Waals surface area contributed by atoms with Crippen LogP contribution < -0.4 is 14.7 Å². The molecule has 3 N–H and O–H groups in total. The van der Waals surface area contributed by atoms with E-state index in [9.17, 15) is 24.9 Å². The second-order valence-electron chi connectivity index (χ2n) is 9.11. The van der Waals surface area contributed by atoms with Gasteiger partial charge in [-0.25, -0.2) is 9.59 Å². The van der Waals surface area contributed by atoms with Gasteiger partial charge in [0.2, 0.25) is 0 Å². The maximum absolute atomic E-state index is 11.3. The van der Waals surface area contributed by atoms with Crippen molar-refractivity contribution < 1.29 is 54.5 Å². The molecule has 38 heavy (non-hydrogen) atoms. The number of hydrogen-bond acceptors (Lipinski definition) is 8. The van der Waals surface area contributed by atoms with Crippen molar-refractivity contribution in [1.29, 1.82) is 0 Å². The summed E-state index contributed by atoms with van der Waals surface area (Å²) in [7, 11) is -3.37. The van der Waals surface area contributed by atoms with Gasteiger partial charge in [0.1, 0.15) is 11.9 Å². The summed E-state index contributed by atoms with van der Waals surface area (Å²) in [5, 5.41) is 28.3. The van der Waals surface area contributed by atoms with Crippen molar-refractivity contribution in [3.05, 3.63) is 33.8 Å². The molecule has 8 nitrogen and oxygen atoms in total. The van der Waals surface area contributed by atoms with E-state index in [1.807, 2.05) is 0 Å². The van der Waals surface area contributed by atoms with Crippen molar-refractivity contribution in [3.63, 3.8) is 0 Å². The number of unbranched alkanes of at least 4 members (excludes halogenated alkanes) is 11. The summed E-state index contributed by atoms with van der Waals surface area (Å²) in [4.78, 5) is 47.9. The zero-order valence-corrected chi connectivity index (χ0v) is 25.0. The molecule has 10 heteroatoms. The molecule has 0 atom stereocenters. The third-order valence-electron chi connectivity index (χ3n) is 6.21. The molecule has 0 aromatic carbocycles. The monoisotopic (exact) mass is 596 g/mol. The van der Waals surface area contributed by atoms with Crippen LogP contribution >= 0.6 is 8.60 Å². The second kappa shape index (κ2) is 27.6. The van der Waals surface area contributed by atoms with Crippen molar-refractivity contribution in [2.24, 2.45) is 5.41 Å². The average molecular weight is 597 g/mol. The molecule has 218 valence electrons. The van der Waals surface area contributed by atoms with Crippen LogP contribution in [0.1, 0.15) is 96.8 Å². The van der Waals surface area contributed by atoms with Crippen LogP contribution in [-0.4, -0.2) is 47.0 Å². The molecule has 0 heterocycles. The molecule has 0 radical (unpaired) electrons. The molecule has 0 saturated heterocycles. The van der Waals surface area contributed by atoms with E-state index < -0.39 is 33.8 Å². The summed E-state index contributed by atoms with van der Waals surface area (Å²) >= 11 is 0.984. The Labute approximate surface area is 236 Å². The van der Waals surface area contributed by atoms with Crippen LogP contribution in [0.3, 0.4) is 0 Å². The Balaban J connectivity index is 0. The molecule has 0 aromatic rings. The quantitative estimate of drug-likeness (QED) is 0.0674. The first-order chi connectivity index (χ1) is 18.3. The second-order valence-corrected chi connectivity index (χ2v) is 10.9. The molecule has 0 aromatic heterocycles. The Hall–Kier alpha value is -0.911. The van der Waals surface area contributed by atoms with Gasteiger partial charge in [-0.2, -0.15) is 0 Å². The van der Waals surface area contributed by atoms with Crippen LogP contribution in [0.15, 0.2) is 33.8 Å². The van der Waals surface area contributed by atoms with Gasteiger partial charge in [-0.3, -0.25) is 0 Å². The summed E-state index contributed by atoms with van der Waals surface area (Å²) in [6, 6.07) is 0. The first-order valence-corrected chi connectivity index (χ1v) is 16.2. The molecule has 0 spiro atoms. The predicted octanol–water partition coefficient (Wildman–Crippen LogP) is 2.81. The Kier molecular flexibility index (Phi) is 28.5.